The molecule has 0 saturated carbocycles. The van der Waals surface area contributed by atoms with Gasteiger partial charge in [0.2, 0.25) is 0 Å². The van der Waals surface area contributed by atoms with E-state index in [2.05, 4.69) is 48.0 Å². The van der Waals surface area contributed by atoms with Crippen molar-refractivity contribution in [1.29, 1.82) is 0 Å². The number of aryl methyl sites for hydroxylation is 1. The second kappa shape index (κ2) is 7.27. The number of rotatable bonds is 4. The van der Waals surface area contributed by atoms with Gasteiger partial charge in [0.15, 0.2) is 0 Å². The van der Waals surface area contributed by atoms with Crippen LogP contribution in [0, 0.1) is 6.92 Å². The van der Waals surface area contributed by atoms with Gasteiger partial charge in [-0.2, -0.15) is 0 Å². The van der Waals surface area contributed by atoms with Crippen molar-refractivity contribution in [3.63, 3.8) is 0 Å². The van der Waals surface area contributed by atoms with E-state index in [1.807, 2.05) is 25.5 Å². The van der Waals surface area contributed by atoms with E-state index < -0.39 is 0 Å². The molecule has 0 spiro atoms. The fourth-order valence-electron chi connectivity index (χ4n) is 2.99. The first-order valence-corrected chi connectivity index (χ1v) is 8.73. The lowest BCUT2D eigenvalue weighted by atomic mass is 9.86. The molecular formula is C20H23ClN2O. The maximum Gasteiger partial charge on any atom is 0.125 e. The summed E-state index contributed by atoms with van der Waals surface area (Å²) in [5.41, 5.74) is 4.59. The molecule has 0 amide bonds. The molecule has 3 nitrogen and oxygen atoms in total. The van der Waals surface area contributed by atoms with E-state index in [-0.39, 0.29) is 0 Å². The predicted molar refractivity (Wildman–Crippen MR) is 101 cm³/mol. The quantitative estimate of drug-likeness (QED) is 0.565. The summed E-state index contributed by atoms with van der Waals surface area (Å²) in [5, 5.41) is 0.779. The second-order valence-electron chi connectivity index (χ2n) is 6.24. The minimum atomic E-state index is 0.322. The van der Waals surface area contributed by atoms with Crippen LogP contribution in [0.25, 0.3) is 0 Å². The summed E-state index contributed by atoms with van der Waals surface area (Å²) >= 11 is 6.18. The van der Waals surface area contributed by atoms with Crippen molar-refractivity contribution in [3.8, 4) is 5.75 Å². The van der Waals surface area contributed by atoms with Crippen LogP contribution in [0.1, 0.15) is 36.0 Å². The van der Waals surface area contributed by atoms with Gasteiger partial charge in [-0.3, -0.25) is 0 Å². The van der Waals surface area contributed by atoms with Gasteiger partial charge >= 0.3 is 0 Å². The molecule has 0 aromatic heterocycles. The first-order chi connectivity index (χ1) is 11.6. The van der Waals surface area contributed by atoms with Crippen LogP contribution in [0.4, 0.5) is 5.69 Å². The lowest BCUT2D eigenvalue weighted by Gasteiger charge is -2.27. The zero-order chi connectivity index (χ0) is 17.1. The summed E-state index contributed by atoms with van der Waals surface area (Å²) in [4.78, 5) is 6.65. The summed E-state index contributed by atoms with van der Waals surface area (Å²) in [6.45, 7) is 5.85. The normalized spacial score (nSPS) is 16.8. The average molecular weight is 343 g/mol. The van der Waals surface area contributed by atoms with E-state index in [1.54, 1.807) is 0 Å². The van der Waals surface area contributed by atoms with Gasteiger partial charge in [-0.25, -0.2) is 4.99 Å². The van der Waals surface area contributed by atoms with Gasteiger partial charge in [-0.05, 0) is 49.6 Å². The molecule has 0 aliphatic carbocycles. The average Bonchev–Trinajstić information content (AvgIpc) is 2.59. The van der Waals surface area contributed by atoms with Crippen LogP contribution < -0.4 is 4.74 Å². The van der Waals surface area contributed by atoms with E-state index in [0.29, 0.717) is 12.5 Å². The molecule has 0 saturated heterocycles. The second-order valence-corrected chi connectivity index (χ2v) is 6.68. The third-order valence-electron chi connectivity index (χ3n) is 4.51. The Morgan fingerprint density at radius 3 is 2.92 bits per heavy atom. The number of aliphatic imine (C=N–C) groups is 1. The van der Waals surface area contributed by atoms with Crippen LogP contribution >= 0.6 is 11.6 Å². The molecule has 0 bridgehead atoms. The Bertz CT molecular complexity index is 757. The zero-order valence-corrected chi connectivity index (χ0v) is 15.2. The van der Waals surface area contributed by atoms with Gasteiger partial charge in [0.1, 0.15) is 5.75 Å². The molecule has 3 rings (SSSR count). The van der Waals surface area contributed by atoms with Crippen LogP contribution in [0.15, 0.2) is 41.4 Å². The van der Waals surface area contributed by atoms with Gasteiger partial charge in [-0.15, -0.1) is 0 Å². The molecule has 2 aromatic rings. The van der Waals surface area contributed by atoms with E-state index in [0.717, 1.165) is 35.0 Å². The third kappa shape index (κ3) is 3.57. The molecule has 1 aliphatic heterocycles. The molecule has 1 heterocycles. The van der Waals surface area contributed by atoms with Crippen LogP contribution in [-0.2, 0) is 0 Å². The molecular weight excluding hydrogens is 320 g/mol. The minimum Gasteiger partial charge on any atom is -0.493 e. The molecule has 0 radical (unpaired) electrons. The summed E-state index contributed by atoms with van der Waals surface area (Å²) in [6.07, 6.45) is 2.83. The Morgan fingerprint density at radius 2 is 2.17 bits per heavy atom. The molecule has 24 heavy (non-hydrogen) atoms. The first kappa shape index (κ1) is 16.8. The number of benzene rings is 2. The number of hydrogen-bond donors (Lipinski definition) is 0. The Balaban J connectivity index is 1.97. The highest BCUT2D eigenvalue weighted by atomic mass is 35.5. The maximum absolute atomic E-state index is 6.18. The van der Waals surface area contributed by atoms with Crippen molar-refractivity contribution < 1.29 is 4.74 Å². The lowest BCUT2D eigenvalue weighted by molar-refractivity contribution is 0.277. The summed E-state index contributed by atoms with van der Waals surface area (Å²) < 4.78 is 5.91. The number of ether oxygens (including phenoxy) is 1. The molecule has 0 N–H and O–H groups in total. The number of halogens is 1. The first-order valence-electron chi connectivity index (χ1n) is 8.35. The van der Waals surface area contributed by atoms with Crippen molar-refractivity contribution >= 4 is 23.6 Å². The molecule has 4 heteroatoms. The van der Waals surface area contributed by atoms with Crippen LogP contribution in [0.5, 0.6) is 5.75 Å². The number of fused-ring (bicyclic) bond motifs is 1. The fourth-order valence-corrected chi connectivity index (χ4v) is 3.19. The lowest BCUT2D eigenvalue weighted by Crippen LogP contribution is -2.16. The zero-order valence-electron chi connectivity index (χ0n) is 14.4. The molecule has 1 aliphatic rings. The highest BCUT2D eigenvalue weighted by Crippen LogP contribution is 2.41. The maximum atomic E-state index is 6.18. The number of hydrogen-bond acceptors (Lipinski definition) is 2. The van der Waals surface area contributed by atoms with E-state index >= 15 is 0 Å². The summed E-state index contributed by atoms with van der Waals surface area (Å²) in [7, 11) is 2.02. The monoisotopic (exact) mass is 342 g/mol. The summed E-state index contributed by atoms with van der Waals surface area (Å²) in [5.74, 6) is 1.26. The molecule has 1 unspecified atom stereocenters. The smallest absolute Gasteiger partial charge is 0.125 e. The van der Waals surface area contributed by atoms with Crippen LogP contribution in [0.3, 0.4) is 0 Å². The Hall–Kier alpha value is -2.00. The predicted octanol–water partition coefficient (Wildman–Crippen LogP) is 5.17. The van der Waals surface area contributed by atoms with Crippen LogP contribution in [-0.4, -0.2) is 31.4 Å². The van der Waals surface area contributed by atoms with Crippen molar-refractivity contribution in [1.82, 2.24) is 4.90 Å². The Labute approximate surface area is 148 Å². The van der Waals surface area contributed by atoms with Crippen molar-refractivity contribution in [2.45, 2.75) is 26.2 Å². The standard InChI is InChI=1S/C20H23ClN2O/c1-4-23(3)13-22-19-12-20-18(10-14(19)2)17(8-9-24-20)15-6-5-7-16(21)11-15/h5-7,10-13,17H,4,8-9H2,1-3H3/b22-13+. The number of nitrogens with zero attached hydrogens (tertiary/aromatic N) is 2. The Kier molecular flexibility index (Phi) is 5.10. The van der Waals surface area contributed by atoms with E-state index in [4.69, 9.17) is 16.3 Å². The van der Waals surface area contributed by atoms with Gasteiger partial charge in [0, 0.05) is 36.2 Å². The summed E-state index contributed by atoms with van der Waals surface area (Å²) in [6, 6.07) is 12.4. The fraction of sp³-hybridized carbons (Fsp3) is 0.350. The van der Waals surface area contributed by atoms with Crippen LogP contribution in [0.2, 0.25) is 5.02 Å². The van der Waals surface area contributed by atoms with Gasteiger partial charge < -0.3 is 9.64 Å². The molecule has 1 atom stereocenters. The highest BCUT2D eigenvalue weighted by Gasteiger charge is 2.24. The molecule has 126 valence electrons. The van der Waals surface area contributed by atoms with Crippen molar-refractivity contribution in [2.75, 3.05) is 20.2 Å². The molecule has 0 fully saturated rings. The van der Waals surface area contributed by atoms with Crippen molar-refractivity contribution in [2.24, 2.45) is 4.99 Å². The van der Waals surface area contributed by atoms with Gasteiger partial charge in [-0.1, -0.05) is 23.7 Å². The largest absolute Gasteiger partial charge is 0.493 e. The molecule has 2 aromatic carbocycles. The SMILES string of the molecule is CCN(C)/C=N/c1cc2c(cc1C)C(c1cccc(Cl)c1)CCO2. The van der Waals surface area contributed by atoms with E-state index in [1.165, 1.54) is 11.1 Å². The topological polar surface area (TPSA) is 24.8 Å². The van der Waals surface area contributed by atoms with Crippen molar-refractivity contribution in [3.05, 3.63) is 58.1 Å². The third-order valence-corrected chi connectivity index (χ3v) is 4.75. The van der Waals surface area contributed by atoms with E-state index in [9.17, 15) is 0 Å². The van der Waals surface area contributed by atoms with Gasteiger partial charge in [0.05, 0.1) is 18.6 Å². The van der Waals surface area contributed by atoms with Gasteiger partial charge in [0.25, 0.3) is 0 Å². The minimum absolute atomic E-state index is 0.322. The Morgan fingerprint density at radius 1 is 1.33 bits per heavy atom. The highest BCUT2D eigenvalue weighted by molar-refractivity contribution is 6.30.